The Hall–Kier alpha value is -1.59. The molecule has 0 unspecified atom stereocenters. The number of furan rings is 1. The molecular formula is C12H13NO3S. The molecular weight excluding hydrogens is 238 g/mol. The normalized spacial score (nSPS) is 10.6. The first-order chi connectivity index (χ1) is 8.16. The molecule has 2 aromatic heterocycles. The molecule has 0 saturated heterocycles. The zero-order valence-corrected chi connectivity index (χ0v) is 10.2. The Balaban J connectivity index is 1.86. The first-order valence-electron chi connectivity index (χ1n) is 5.22. The van der Waals surface area contributed by atoms with Crippen LogP contribution in [0.2, 0.25) is 0 Å². The van der Waals surface area contributed by atoms with Crippen LogP contribution in [-0.4, -0.2) is 11.1 Å². The summed E-state index contributed by atoms with van der Waals surface area (Å²) in [6.45, 7) is 3.38. The van der Waals surface area contributed by atoms with Gasteiger partial charge in [-0.1, -0.05) is 0 Å². The monoisotopic (exact) mass is 251 g/mol. The van der Waals surface area contributed by atoms with E-state index in [1.165, 1.54) is 16.5 Å². The highest BCUT2D eigenvalue weighted by molar-refractivity contribution is 7.10. The molecule has 5 heteroatoms. The van der Waals surface area contributed by atoms with Gasteiger partial charge in [-0.25, -0.2) is 4.79 Å². The molecule has 0 saturated carbocycles. The van der Waals surface area contributed by atoms with Crippen LogP contribution in [0.4, 0.5) is 0 Å². The predicted octanol–water partition coefficient (Wildman–Crippen LogP) is 2.64. The number of thiophene rings is 1. The lowest BCUT2D eigenvalue weighted by Gasteiger charge is -2.01. The molecule has 2 rings (SSSR count). The molecule has 4 nitrogen and oxygen atoms in total. The summed E-state index contributed by atoms with van der Waals surface area (Å²) in [6, 6.07) is 5.23. The second-order valence-electron chi connectivity index (χ2n) is 3.70. The van der Waals surface area contributed by atoms with Crippen molar-refractivity contribution in [1.82, 2.24) is 5.32 Å². The summed E-state index contributed by atoms with van der Waals surface area (Å²) in [4.78, 5) is 11.9. The maximum atomic E-state index is 10.6. The van der Waals surface area contributed by atoms with Crippen molar-refractivity contribution in [3.8, 4) is 0 Å². The van der Waals surface area contributed by atoms with Gasteiger partial charge in [0.1, 0.15) is 5.76 Å². The average Bonchev–Trinajstić information content (AvgIpc) is 2.89. The molecule has 2 N–H and O–H groups in total. The molecule has 2 heterocycles. The van der Waals surface area contributed by atoms with Crippen LogP contribution in [-0.2, 0) is 13.1 Å². The van der Waals surface area contributed by atoms with Gasteiger partial charge in [0.25, 0.3) is 0 Å². The van der Waals surface area contributed by atoms with Crippen LogP contribution >= 0.6 is 11.3 Å². The third kappa shape index (κ3) is 2.95. The number of aryl methyl sites for hydroxylation is 1. The average molecular weight is 251 g/mol. The largest absolute Gasteiger partial charge is 0.475 e. The SMILES string of the molecule is Cc1ccsc1CNCc1ccc(C(=O)O)o1. The van der Waals surface area contributed by atoms with Crippen molar-refractivity contribution in [3.05, 3.63) is 45.5 Å². The standard InChI is InChI=1S/C12H13NO3S/c1-8-4-5-17-11(8)7-13-6-9-2-3-10(16-9)12(14)15/h2-5,13H,6-7H2,1H3,(H,14,15). The maximum absolute atomic E-state index is 10.6. The zero-order chi connectivity index (χ0) is 12.3. The number of hydrogen-bond acceptors (Lipinski definition) is 4. The molecule has 17 heavy (non-hydrogen) atoms. The van der Waals surface area contributed by atoms with Gasteiger partial charge in [-0.05, 0) is 36.1 Å². The fourth-order valence-electron chi connectivity index (χ4n) is 1.47. The zero-order valence-electron chi connectivity index (χ0n) is 9.40. The van der Waals surface area contributed by atoms with Crippen LogP contribution < -0.4 is 5.32 Å². The fraction of sp³-hybridized carbons (Fsp3) is 0.250. The number of carboxylic acid groups (broad SMARTS) is 1. The van der Waals surface area contributed by atoms with Gasteiger partial charge in [0.2, 0.25) is 5.76 Å². The lowest BCUT2D eigenvalue weighted by molar-refractivity contribution is 0.0660. The van der Waals surface area contributed by atoms with E-state index in [2.05, 4.69) is 23.7 Å². The Kier molecular flexibility index (Phi) is 3.61. The van der Waals surface area contributed by atoms with Crippen LogP contribution in [0.25, 0.3) is 0 Å². The Morgan fingerprint density at radius 3 is 2.82 bits per heavy atom. The van der Waals surface area contributed by atoms with Crippen molar-refractivity contribution < 1.29 is 14.3 Å². The third-order valence-corrected chi connectivity index (χ3v) is 3.45. The van der Waals surface area contributed by atoms with Crippen LogP contribution in [0.1, 0.15) is 26.8 Å². The van der Waals surface area contributed by atoms with Crippen molar-refractivity contribution in [2.45, 2.75) is 20.0 Å². The quantitative estimate of drug-likeness (QED) is 0.857. The van der Waals surface area contributed by atoms with Gasteiger partial charge >= 0.3 is 5.97 Å². The van der Waals surface area contributed by atoms with E-state index in [1.807, 2.05) is 0 Å². The third-order valence-electron chi connectivity index (χ3n) is 2.43. The maximum Gasteiger partial charge on any atom is 0.371 e. The van der Waals surface area contributed by atoms with Gasteiger partial charge in [0, 0.05) is 11.4 Å². The summed E-state index contributed by atoms with van der Waals surface area (Å²) in [5.41, 5.74) is 1.27. The van der Waals surface area contributed by atoms with E-state index in [-0.39, 0.29) is 5.76 Å². The lowest BCUT2D eigenvalue weighted by atomic mass is 10.3. The van der Waals surface area contributed by atoms with Crippen LogP contribution in [0.5, 0.6) is 0 Å². The van der Waals surface area contributed by atoms with Crippen LogP contribution in [0.3, 0.4) is 0 Å². The van der Waals surface area contributed by atoms with Crippen molar-refractivity contribution >= 4 is 17.3 Å². The van der Waals surface area contributed by atoms with E-state index in [9.17, 15) is 4.79 Å². The number of hydrogen-bond donors (Lipinski definition) is 2. The minimum absolute atomic E-state index is 0.0193. The minimum atomic E-state index is -1.04. The molecule has 2 aromatic rings. The second kappa shape index (κ2) is 5.16. The fourth-order valence-corrected chi connectivity index (χ4v) is 2.35. The first kappa shape index (κ1) is 11.9. The second-order valence-corrected chi connectivity index (χ2v) is 4.70. The molecule has 0 aliphatic carbocycles. The number of rotatable bonds is 5. The van der Waals surface area contributed by atoms with Crippen LogP contribution in [0, 0.1) is 6.92 Å². The lowest BCUT2D eigenvalue weighted by Crippen LogP contribution is -2.11. The Morgan fingerprint density at radius 2 is 2.24 bits per heavy atom. The Labute approximate surface area is 103 Å². The van der Waals surface area contributed by atoms with E-state index < -0.39 is 5.97 Å². The topological polar surface area (TPSA) is 62.5 Å². The number of nitrogens with one attached hydrogen (secondary N) is 1. The van der Waals surface area contributed by atoms with E-state index in [0.29, 0.717) is 12.3 Å². The number of aromatic carboxylic acids is 1. The van der Waals surface area contributed by atoms with Crippen LogP contribution in [0.15, 0.2) is 28.0 Å². The molecule has 0 spiro atoms. The summed E-state index contributed by atoms with van der Waals surface area (Å²) < 4.78 is 5.14. The Morgan fingerprint density at radius 1 is 1.41 bits per heavy atom. The van der Waals surface area contributed by atoms with Crippen molar-refractivity contribution in [2.75, 3.05) is 0 Å². The highest BCUT2D eigenvalue weighted by Gasteiger charge is 2.08. The van der Waals surface area contributed by atoms with E-state index >= 15 is 0 Å². The van der Waals surface area contributed by atoms with Gasteiger partial charge in [-0.2, -0.15) is 0 Å². The number of carbonyl (C=O) groups is 1. The van der Waals surface area contributed by atoms with Gasteiger partial charge < -0.3 is 14.8 Å². The summed E-state index contributed by atoms with van der Waals surface area (Å²) in [5, 5.41) is 14.0. The van der Waals surface area contributed by atoms with Crippen molar-refractivity contribution in [3.63, 3.8) is 0 Å². The smallest absolute Gasteiger partial charge is 0.371 e. The van der Waals surface area contributed by atoms with Gasteiger partial charge in [-0.15, -0.1) is 11.3 Å². The first-order valence-corrected chi connectivity index (χ1v) is 6.10. The molecule has 0 bridgehead atoms. The predicted molar refractivity (Wildman–Crippen MR) is 65.3 cm³/mol. The van der Waals surface area contributed by atoms with Crippen molar-refractivity contribution in [1.29, 1.82) is 0 Å². The summed E-state index contributed by atoms with van der Waals surface area (Å²) in [7, 11) is 0. The van der Waals surface area contributed by atoms with E-state index in [4.69, 9.17) is 9.52 Å². The van der Waals surface area contributed by atoms with E-state index in [0.717, 1.165) is 6.54 Å². The molecule has 0 atom stereocenters. The summed E-state index contributed by atoms with van der Waals surface area (Å²) >= 11 is 1.71. The molecule has 0 aliphatic rings. The van der Waals surface area contributed by atoms with Gasteiger partial charge in [0.15, 0.2) is 0 Å². The Bertz CT molecular complexity index is 515. The molecule has 0 aromatic carbocycles. The minimum Gasteiger partial charge on any atom is -0.475 e. The van der Waals surface area contributed by atoms with E-state index in [1.54, 1.807) is 17.4 Å². The summed E-state index contributed by atoms with van der Waals surface area (Å²) in [6.07, 6.45) is 0. The van der Waals surface area contributed by atoms with Gasteiger partial charge in [0.05, 0.1) is 6.54 Å². The molecule has 0 radical (unpaired) electrons. The number of carboxylic acids is 1. The summed E-state index contributed by atoms with van der Waals surface area (Å²) in [5.74, 6) is -0.420. The molecule has 0 amide bonds. The molecule has 90 valence electrons. The van der Waals surface area contributed by atoms with Crippen molar-refractivity contribution in [2.24, 2.45) is 0 Å². The van der Waals surface area contributed by atoms with Gasteiger partial charge in [-0.3, -0.25) is 0 Å². The molecule has 0 aliphatic heterocycles. The highest BCUT2D eigenvalue weighted by atomic mass is 32.1. The highest BCUT2D eigenvalue weighted by Crippen LogP contribution is 2.15. The molecule has 0 fully saturated rings.